The SMILES string of the molecule is CS(=O)(=O)N1C=C(c2ccccc2)CCC1. The van der Waals surface area contributed by atoms with Crippen molar-refractivity contribution in [2.45, 2.75) is 12.8 Å². The fraction of sp³-hybridized carbons (Fsp3) is 0.333. The Hall–Kier alpha value is -1.29. The van der Waals surface area contributed by atoms with Gasteiger partial charge in [0, 0.05) is 12.7 Å². The molecule has 1 aliphatic heterocycles. The van der Waals surface area contributed by atoms with Crippen LogP contribution in [0.3, 0.4) is 0 Å². The van der Waals surface area contributed by atoms with Gasteiger partial charge in [0.25, 0.3) is 0 Å². The molecular weight excluding hydrogens is 222 g/mol. The van der Waals surface area contributed by atoms with Gasteiger partial charge in [-0.3, -0.25) is 4.31 Å². The van der Waals surface area contributed by atoms with E-state index < -0.39 is 10.0 Å². The zero-order valence-electron chi connectivity index (χ0n) is 9.26. The molecule has 3 nitrogen and oxygen atoms in total. The predicted molar refractivity (Wildman–Crippen MR) is 65.2 cm³/mol. The third-order valence-corrected chi connectivity index (χ3v) is 3.83. The van der Waals surface area contributed by atoms with E-state index in [0.717, 1.165) is 24.0 Å². The lowest BCUT2D eigenvalue weighted by molar-refractivity contribution is 0.485. The quantitative estimate of drug-likeness (QED) is 0.789. The Kier molecular flexibility index (Phi) is 3.01. The molecule has 0 fully saturated rings. The van der Waals surface area contributed by atoms with E-state index in [1.54, 1.807) is 6.20 Å². The summed E-state index contributed by atoms with van der Waals surface area (Å²) in [5.41, 5.74) is 2.20. The molecule has 0 N–H and O–H groups in total. The minimum absolute atomic E-state index is 0.592. The number of hydrogen-bond donors (Lipinski definition) is 0. The van der Waals surface area contributed by atoms with Crippen LogP contribution in [-0.4, -0.2) is 25.5 Å². The highest BCUT2D eigenvalue weighted by atomic mass is 32.2. The Morgan fingerprint density at radius 3 is 2.50 bits per heavy atom. The second-order valence-electron chi connectivity index (χ2n) is 4.00. The average molecular weight is 237 g/mol. The van der Waals surface area contributed by atoms with Crippen LogP contribution in [0.2, 0.25) is 0 Å². The fourth-order valence-corrected chi connectivity index (χ4v) is 2.64. The van der Waals surface area contributed by atoms with E-state index in [2.05, 4.69) is 0 Å². The fourth-order valence-electron chi connectivity index (χ4n) is 1.86. The highest BCUT2D eigenvalue weighted by Crippen LogP contribution is 2.25. The number of sulfonamides is 1. The van der Waals surface area contributed by atoms with Crippen molar-refractivity contribution in [2.24, 2.45) is 0 Å². The summed E-state index contributed by atoms with van der Waals surface area (Å²) in [5.74, 6) is 0. The van der Waals surface area contributed by atoms with Crippen LogP contribution in [-0.2, 0) is 10.0 Å². The van der Waals surface area contributed by atoms with Gasteiger partial charge in [0.2, 0.25) is 10.0 Å². The van der Waals surface area contributed by atoms with Crippen LogP contribution in [0.25, 0.3) is 5.57 Å². The molecule has 0 amide bonds. The van der Waals surface area contributed by atoms with Gasteiger partial charge in [0.15, 0.2) is 0 Å². The topological polar surface area (TPSA) is 37.4 Å². The molecule has 0 atom stereocenters. The summed E-state index contributed by atoms with van der Waals surface area (Å²) in [5, 5.41) is 0. The summed E-state index contributed by atoms with van der Waals surface area (Å²) in [6.07, 6.45) is 4.83. The van der Waals surface area contributed by atoms with E-state index in [1.807, 2.05) is 30.3 Å². The van der Waals surface area contributed by atoms with Crippen LogP contribution in [0.15, 0.2) is 36.5 Å². The van der Waals surface area contributed by atoms with Crippen LogP contribution >= 0.6 is 0 Å². The van der Waals surface area contributed by atoms with Gasteiger partial charge in [-0.25, -0.2) is 8.42 Å². The first kappa shape index (κ1) is 11.2. The van der Waals surface area contributed by atoms with Crippen molar-refractivity contribution in [2.75, 3.05) is 12.8 Å². The number of allylic oxidation sites excluding steroid dienone is 1. The van der Waals surface area contributed by atoms with Gasteiger partial charge in [-0.15, -0.1) is 0 Å². The van der Waals surface area contributed by atoms with Crippen molar-refractivity contribution in [3.8, 4) is 0 Å². The van der Waals surface area contributed by atoms with Gasteiger partial charge in [-0.05, 0) is 24.0 Å². The van der Waals surface area contributed by atoms with Crippen LogP contribution in [0.5, 0.6) is 0 Å². The smallest absolute Gasteiger partial charge is 0.231 e. The van der Waals surface area contributed by atoms with E-state index >= 15 is 0 Å². The molecule has 86 valence electrons. The maximum absolute atomic E-state index is 11.4. The molecule has 1 aromatic rings. The van der Waals surface area contributed by atoms with E-state index in [9.17, 15) is 8.42 Å². The zero-order valence-corrected chi connectivity index (χ0v) is 10.1. The molecule has 0 saturated heterocycles. The third kappa shape index (κ3) is 2.44. The van der Waals surface area contributed by atoms with E-state index in [-0.39, 0.29) is 0 Å². The Bertz CT molecular complexity index is 491. The summed E-state index contributed by atoms with van der Waals surface area (Å²) in [4.78, 5) is 0. The number of hydrogen-bond acceptors (Lipinski definition) is 2. The van der Waals surface area contributed by atoms with Gasteiger partial charge in [-0.1, -0.05) is 30.3 Å². The molecule has 0 bridgehead atoms. The lowest BCUT2D eigenvalue weighted by Gasteiger charge is -2.24. The highest BCUT2D eigenvalue weighted by molar-refractivity contribution is 7.88. The molecule has 1 heterocycles. The maximum atomic E-state index is 11.4. The molecule has 0 spiro atoms. The first-order valence-electron chi connectivity index (χ1n) is 5.30. The first-order chi connectivity index (χ1) is 7.57. The zero-order chi connectivity index (χ0) is 11.6. The molecule has 16 heavy (non-hydrogen) atoms. The van der Waals surface area contributed by atoms with E-state index in [0.29, 0.717) is 6.54 Å². The highest BCUT2D eigenvalue weighted by Gasteiger charge is 2.18. The molecule has 1 aliphatic rings. The maximum Gasteiger partial charge on any atom is 0.231 e. The summed E-state index contributed by atoms with van der Waals surface area (Å²) in [7, 11) is -3.11. The van der Waals surface area contributed by atoms with E-state index in [4.69, 9.17) is 0 Å². The molecule has 4 heteroatoms. The standard InChI is InChI=1S/C12H15NO2S/c1-16(14,15)13-9-5-8-12(10-13)11-6-3-2-4-7-11/h2-4,6-7,10H,5,8-9H2,1H3. The van der Waals surface area contributed by atoms with Crippen molar-refractivity contribution in [1.29, 1.82) is 0 Å². The molecule has 0 aromatic heterocycles. The number of benzene rings is 1. The van der Waals surface area contributed by atoms with Gasteiger partial charge in [-0.2, -0.15) is 0 Å². The second-order valence-corrected chi connectivity index (χ2v) is 5.93. The van der Waals surface area contributed by atoms with Crippen molar-refractivity contribution in [1.82, 2.24) is 4.31 Å². The van der Waals surface area contributed by atoms with E-state index in [1.165, 1.54) is 10.6 Å². The normalized spacial score (nSPS) is 17.1. The molecule has 0 radical (unpaired) electrons. The Labute approximate surface area is 96.4 Å². The van der Waals surface area contributed by atoms with Crippen molar-refractivity contribution < 1.29 is 8.42 Å². The first-order valence-corrected chi connectivity index (χ1v) is 7.15. The van der Waals surface area contributed by atoms with Gasteiger partial charge in [0.05, 0.1) is 6.26 Å². The summed E-state index contributed by atoms with van der Waals surface area (Å²) in [6, 6.07) is 9.92. The van der Waals surface area contributed by atoms with Gasteiger partial charge >= 0.3 is 0 Å². The van der Waals surface area contributed by atoms with Crippen molar-refractivity contribution in [3.05, 3.63) is 42.1 Å². The Morgan fingerprint density at radius 2 is 1.88 bits per heavy atom. The van der Waals surface area contributed by atoms with Crippen LogP contribution in [0.4, 0.5) is 0 Å². The molecule has 0 unspecified atom stereocenters. The average Bonchev–Trinajstić information content (AvgIpc) is 2.29. The largest absolute Gasteiger partial charge is 0.277 e. The lowest BCUT2D eigenvalue weighted by atomic mass is 10.0. The molecule has 0 aliphatic carbocycles. The molecular formula is C12H15NO2S. The van der Waals surface area contributed by atoms with Crippen molar-refractivity contribution in [3.63, 3.8) is 0 Å². The van der Waals surface area contributed by atoms with Gasteiger partial charge in [0.1, 0.15) is 0 Å². The van der Waals surface area contributed by atoms with Crippen LogP contribution < -0.4 is 0 Å². The third-order valence-electron chi connectivity index (χ3n) is 2.70. The van der Waals surface area contributed by atoms with Crippen LogP contribution in [0, 0.1) is 0 Å². The van der Waals surface area contributed by atoms with Crippen LogP contribution in [0.1, 0.15) is 18.4 Å². The van der Waals surface area contributed by atoms with Crippen molar-refractivity contribution >= 4 is 15.6 Å². The minimum atomic E-state index is -3.11. The summed E-state index contributed by atoms with van der Waals surface area (Å²) in [6.45, 7) is 0.592. The number of nitrogens with zero attached hydrogens (tertiary/aromatic N) is 1. The Balaban J connectivity index is 2.33. The minimum Gasteiger partial charge on any atom is -0.277 e. The molecule has 2 rings (SSSR count). The predicted octanol–water partition coefficient (Wildman–Crippen LogP) is 2.08. The summed E-state index contributed by atoms with van der Waals surface area (Å²) >= 11 is 0. The monoisotopic (exact) mass is 237 g/mol. The van der Waals surface area contributed by atoms with Gasteiger partial charge < -0.3 is 0 Å². The summed E-state index contributed by atoms with van der Waals surface area (Å²) < 4.78 is 24.3. The molecule has 0 saturated carbocycles. The second kappa shape index (κ2) is 4.29. The molecule has 1 aromatic carbocycles. The lowest BCUT2D eigenvalue weighted by Crippen LogP contribution is -2.28. The Morgan fingerprint density at radius 1 is 1.19 bits per heavy atom. The number of rotatable bonds is 2.